The molecule has 0 aliphatic carbocycles. The van der Waals surface area contributed by atoms with Crippen LogP contribution in [0.2, 0.25) is 0 Å². The van der Waals surface area contributed by atoms with Crippen molar-refractivity contribution < 1.29 is 9.63 Å². The maximum atomic E-state index is 10.3. The molecule has 0 atom stereocenters. The van der Waals surface area contributed by atoms with Crippen molar-refractivity contribution in [2.75, 3.05) is 0 Å². The Kier molecular flexibility index (Phi) is 0.907. The standard InChI is InChI=1S/C4H8N2O2/c1-4(2)5-3(7)8-6-4/h6H,1-2H3,(H,5,7). The van der Waals surface area contributed by atoms with Crippen molar-refractivity contribution in [2.45, 2.75) is 19.5 Å². The van der Waals surface area contributed by atoms with Crippen LogP contribution in [-0.4, -0.2) is 11.8 Å². The van der Waals surface area contributed by atoms with E-state index in [1.807, 2.05) is 0 Å². The predicted octanol–water partition coefficient (Wildman–Crippen LogP) is -0.0331. The maximum absolute atomic E-state index is 10.3. The highest BCUT2D eigenvalue weighted by Gasteiger charge is 2.28. The van der Waals surface area contributed by atoms with Gasteiger partial charge in [0.25, 0.3) is 0 Å². The Labute approximate surface area is 47.2 Å². The van der Waals surface area contributed by atoms with Gasteiger partial charge in [0.1, 0.15) is 5.66 Å². The molecule has 4 nitrogen and oxygen atoms in total. The molecule has 1 aliphatic heterocycles. The molecule has 46 valence electrons. The summed E-state index contributed by atoms with van der Waals surface area (Å²) >= 11 is 0. The van der Waals surface area contributed by atoms with Crippen LogP contribution in [0.3, 0.4) is 0 Å². The Hall–Kier alpha value is -0.770. The third kappa shape index (κ3) is 0.894. The van der Waals surface area contributed by atoms with Crippen LogP contribution in [0.25, 0.3) is 0 Å². The Morgan fingerprint density at radius 2 is 2.25 bits per heavy atom. The molecular weight excluding hydrogens is 108 g/mol. The zero-order valence-corrected chi connectivity index (χ0v) is 4.82. The van der Waals surface area contributed by atoms with Gasteiger partial charge >= 0.3 is 6.09 Å². The van der Waals surface area contributed by atoms with Crippen molar-refractivity contribution >= 4 is 6.09 Å². The fraction of sp³-hybridized carbons (Fsp3) is 0.750. The molecule has 0 radical (unpaired) electrons. The van der Waals surface area contributed by atoms with Crippen LogP contribution in [0.1, 0.15) is 13.8 Å². The first kappa shape index (κ1) is 5.37. The van der Waals surface area contributed by atoms with Gasteiger partial charge in [-0.15, -0.1) is 5.48 Å². The van der Waals surface area contributed by atoms with Gasteiger partial charge in [0.2, 0.25) is 0 Å². The molecule has 1 heterocycles. The van der Waals surface area contributed by atoms with Crippen LogP contribution >= 0.6 is 0 Å². The van der Waals surface area contributed by atoms with Gasteiger partial charge in [-0.3, -0.25) is 5.32 Å². The largest absolute Gasteiger partial charge is 0.427 e. The van der Waals surface area contributed by atoms with E-state index < -0.39 is 11.8 Å². The summed E-state index contributed by atoms with van der Waals surface area (Å²) in [5, 5.41) is 2.52. The summed E-state index contributed by atoms with van der Waals surface area (Å²) in [6.45, 7) is 3.61. The van der Waals surface area contributed by atoms with Gasteiger partial charge in [-0.25, -0.2) is 4.79 Å². The molecule has 0 unspecified atom stereocenters. The lowest BCUT2D eigenvalue weighted by Gasteiger charge is -2.11. The highest BCUT2D eigenvalue weighted by atomic mass is 16.7. The lowest BCUT2D eigenvalue weighted by atomic mass is 10.3. The third-order valence-electron chi connectivity index (χ3n) is 0.813. The van der Waals surface area contributed by atoms with E-state index in [4.69, 9.17) is 0 Å². The van der Waals surface area contributed by atoms with Crippen molar-refractivity contribution in [3.05, 3.63) is 0 Å². The van der Waals surface area contributed by atoms with E-state index in [9.17, 15) is 4.79 Å². The van der Waals surface area contributed by atoms with Gasteiger partial charge in [0, 0.05) is 0 Å². The molecule has 0 bridgehead atoms. The van der Waals surface area contributed by atoms with Crippen molar-refractivity contribution in [1.29, 1.82) is 0 Å². The van der Waals surface area contributed by atoms with Crippen LogP contribution < -0.4 is 10.8 Å². The topological polar surface area (TPSA) is 50.4 Å². The maximum Gasteiger partial charge on any atom is 0.427 e. The van der Waals surface area contributed by atoms with Crippen LogP contribution in [0, 0.1) is 0 Å². The number of hydrogen-bond acceptors (Lipinski definition) is 3. The summed E-state index contributed by atoms with van der Waals surface area (Å²) in [5.74, 6) is 0. The molecule has 0 spiro atoms. The molecule has 2 N–H and O–H groups in total. The lowest BCUT2D eigenvalue weighted by Crippen LogP contribution is -2.42. The Morgan fingerprint density at radius 1 is 1.62 bits per heavy atom. The summed E-state index contributed by atoms with van der Waals surface area (Å²) in [6.07, 6.45) is -0.421. The van der Waals surface area contributed by atoms with E-state index in [2.05, 4.69) is 15.6 Å². The summed E-state index contributed by atoms with van der Waals surface area (Å²) in [5.41, 5.74) is 2.08. The average molecular weight is 116 g/mol. The molecule has 0 aromatic rings. The van der Waals surface area contributed by atoms with E-state index in [0.717, 1.165) is 0 Å². The molecule has 1 fully saturated rings. The Morgan fingerprint density at radius 3 is 2.38 bits per heavy atom. The van der Waals surface area contributed by atoms with Crippen LogP contribution in [-0.2, 0) is 4.84 Å². The first-order valence-electron chi connectivity index (χ1n) is 2.36. The lowest BCUT2D eigenvalue weighted by molar-refractivity contribution is 0.104. The van der Waals surface area contributed by atoms with Gasteiger partial charge in [0.15, 0.2) is 0 Å². The van der Waals surface area contributed by atoms with Crippen LogP contribution in [0.4, 0.5) is 4.79 Å². The fourth-order valence-electron chi connectivity index (χ4n) is 0.480. The van der Waals surface area contributed by atoms with Crippen LogP contribution in [0.5, 0.6) is 0 Å². The number of nitrogens with one attached hydrogen (secondary N) is 2. The number of carbonyl (C=O) groups is 1. The number of hydroxylamine groups is 1. The van der Waals surface area contributed by atoms with Gasteiger partial charge in [0.05, 0.1) is 0 Å². The predicted molar refractivity (Wildman–Crippen MR) is 26.8 cm³/mol. The van der Waals surface area contributed by atoms with Gasteiger partial charge in [-0.05, 0) is 13.8 Å². The highest BCUT2D eigenvalue weighted by Crippen LogP contribution is 2.02. The molecular formula is C4H8N2O2. The molecule has 1 amide bonds. The third-order valence-corrected chi connectivity index (χ3v) is 0.813. The second-order valence-electron chi connectivity index (χ2n) is 2.24. The minimum Gasteiger partial charge on any atom is -0.352 e. The molecule has 8 heavy (non-hydrogen) atoms. The minimum absolute atomic E-state index is 0.406. The molecule has 0 saturated carbocycles. The average Bonchev–Trinajstić information content (AvgIpc) is 1.82. The Balaban J connectivity index is 2.56. The molecule has 0 aromatic carbocycles. The molecule has 1 aliphatic rings. The van der Waals surface area contributed by atoms with E-state index >= 15 is 0 Å². The SMILES string of the molecule is CC1(C)NOC(=O)N1. The van der Waals surface area contributed by atoms with Gasteiger partial charge < -0.3 is 4.84 Å². The number of hydrogen-bond donors (Lipinski definition) is 2. The minimum atomic E-state index is -0.421. The number of carbonyl (C=O) groups excluding carboxylic acids is 1. The Bertz CT molecular complexity index is 121. The first-order chi connectivity index (χ1) is 3.60. The van der Waals surface area contributed by atoms with Crippen LogP contribution in [0.15, 0.2) is 0 Å². The van der Waals surface area contributed by atoms with Crippen molar-refractivity contribution in [2.24, 2.45) is 0 Å². The van der Waals surface area contributed by atoms with E-state index in [-0.39, 0.29) is 0 Å². The van der Waals surface area contributed by atoms with E-state index in [1.165, 1.54) is 0 Å². The summed E-state index contributed by atoms with van der Waals surface area (Å²) in [4.78, 5) is 14.6. The van der Waals surface area contributed by atoms with Gasteiger partial charge in [-0.2, -0.15) is 0 Å². The van der Waals surface area contributed by atoms with Crippen molar-refractivity contribution in [3.63, 3.8) is 0 Å². The number of amides is 1. The highest BCUT2D eigenvalue weighted by molar-refractivity contribution is 5.69. The smallest absolute Gasteiger partial charge is 0.352 e. The van der Waals surface area contributed by atoms with E-state index in [0.29, 0.717) is 0 Å². The summed E-state index contributed by atoms with van der Waals surface area (Å²) in [6, 6.07) is 0. The van der Waals surface area contributed by atoms with E-state index in [1.54, 1.807) is 13.8 Å². The molecule has 0 aromatic heterocycles. The second-order valence-corrected chi connectivity index (χ2v) is 2.24. The normalized spacial score (nSPS) is 24.5. The zero-order chi connectivity index (χ0) is 6.20. The van der Waals surface area contributed by atoms with Crippen molar-refractivity contribution in [1.82, 2.24) is 10.8 Å². The second kappa shape index (κ2) is 1.35. The van der Waals surface area contributed by atoms with Gasteiger partial charge in [-0.1, -0.05) is 0 Å². The monoisotopic (exact) mass is 116 g/mol. The zero-order valence-electron chi connectivity index (χ0n) is 4.82. The summed E-state index contributed by atoms with van der Waals surface area (Å²) in [7, 11) is 0. The molecule has 4 heteroatoms. The first-order valence-corrected chi connectivity index (χ1v) is 2.36. The molecule has 1 saturated heterocycles. The summed E-state index contributed by atoms with van der Waals surface area (Å²) < 4.78 is 0. The number of rotatable bonds is 0. The molecule has 1 rings (SSSR count). The quantitative estimate of drug-likeness (QED) is 0.467. The fourth-order valence-corrected chi connectivity index (χ4v) is 0.480. The van der Waals surface area contributed by atoms with Crippen molar-refractivity contribution in [3.8, 4) is 0 Å².